The quantitative estimate of drug-likeness (QED) is 0.769. The second kappa shape index (κ2) is 5.03. The van der Waals surface area contributed by atoms with Crippen molar-refractivity contribution >= 4 is 5.78 Å². The molecule has 1 fully saturated rings. The number of hydrogen-bond acceptors (Lipinski definition) is 1. The summed E-state index contributed by atoms with van der Waals surface area (Å²) < 4.78 is 0. The number of benzene rings is 1. The van der Waals surface area contributed by atoms with Crippen LogP contribution in [0.2, 0.25) is 0 Å². The molecule has 1 aliphatic rings. The molecular weight excluding hydrogens is 208 g/mol. The molecule has 1 nitrogen and oxygen atoms in total. The summed E-state index contributed by atoms with van der Waals surface area (Å²) in [5.41, 5.74) is 5.09. The van der Waals surface area contributed by atoms with Gasteiger partial charge in [-0.25, -0.2) is 0 Å². The van der Waals surface area contributed by atoms with E-state index in [-0.39, 0.29) is 0 Å². The monoisotopic (exact) mass is 230 g/mol. The summed E-state index contributed by atoms with van der Waals surface area (Å²) in [5.74, 6) is 0.799. The van der Waals surface area contributed by atoms with Gasteiger partial charge in [0.2, 0.25) is 0 Å². The third kappa shape index (κ3) is 2.77. The predicted octanol–water partition coefficient (Wildman–Crippen LogP) is 3.91. The number of carbonyl (C=O) groups is 1. The van der Waals surface area contributed by atoms with E-state index in [4.69, 9.17) is 0 Å². The van der Waals surface area contributed by atoms with Crippen molar-refractivity contribution in [3.05, 3.63) is 34.4 Å². The van der Waals surface area contributed by atoms with Crippen LogP contribution in [0.1, 0.15) is 47.9 Å². The van der Waals surface area contributed by atoms with Gasteiger partial charge < -0.3 is 0 Å². The molecule has 0 spiro atoms. The number of Topliss-reactive ketones (excluding diaryl/α,β-unsaturated/α-hetero) is 1. The summed E-state index contributed by atoms with van der Waals surface area (Å²) >= 11 is 0. The van der Waals surface area contributed by atoms with E-state index in [1.165, 1.54) is 35.1 Å². The fourth-order valence-corrected chi connectivity index (χ4v) is 3.06. The lowest BCUT2D eigenvalue weighted by molar-refractivity contribution is -0.122. The molecular formula is C16H22O. The molecule has 92 valence electrons. The molecule has 0 atom stereocenters. The van der Waals surface area contributed by atoms with Crippen LogP contribution in [0.25, 0.3) is 0 Å². The van der Waals surface area contributed by atoms with Crippen LogP contribution in [0.4, 0.5) is 0 Å². The van der Waals surface area contributed by atoms with E-state index in [9.17, 15) is 4.79 Å². The number of aryl methyl sites for hydroxylation is 3. The van der Waals surface area contributed by atoms with Gasteiger partial charge in [-0.2, -0.15) is 0 Å². The van der Waals surface area contributed by atoms with Crippen LogP contribution in [0.5, 0.6) is 0 Å². The normalized spacial score (nSPS) is 16.4. The smallest absolute Gasteiger partial charge is 0.140 e. The van der Waals surface area contributed by atoms with Gasteiger partial charge in [0.25, 0.3) is 0 Å². The molecule has 1 heteroatoms. The Kier molecular flexibility index (Phi) is 3.66. The molecule has 2 rings (SSSR count). The van der Waals surface area contributed by atoms with Gasteiger partial charge >= 0.3 is 0 Å². The van der Waals surface area contributed by atoms with Crippen LogP contribution in [-0.4, -0.2) is 5.78 Å². The van der Waals surface area contributed by atoms with Crippen molar-refractivity contribution < 1.29 is 4.79 Å². The first-order valence-electron chi connectivity index (χ1n) is 6.67. The van der Waals surface area contributed by atoms with Gasteiger partial charge in [-0.1, -0.05) is 30.5 Å². The Balaban J connectivity index is 2.15. The highest BCUT2D eigenvalue weighted by Crippen LogP contribution is 2.27. The number of carbonyl (C=O) groups excluding carboxylic acids is 1. The number of hydrogen-bond donors (Lipinski definition) is 0. The van der Waals surface area contributed by atoms with Gasteiger partial charge in [0, 0.05) is 12.3 Å². The molecule has 1 saturated carbocycles. The molecule has 0 radical (unpaired) electrons. The first-order chi connectivity index (χ1) is 8.08. The summed E-state index contributed by atoms with van der Waals surface area (Å²) in [6, 6.07) is 4.37. The Labute approximate surface area is 104 Å². The van der Waals surface area contributed by atoms with Crippen LogP contribution < -0.4 is 0 Å². The summed E-state index contributed by atoms with van der Waals surface area (Å²) in [6.45, 7) is 6.36. The Morgan fingerprint density at radius 3 is 2.18 bits per heavy atom. The Bertz CT molecular complexity index is 402. The van der Waals surface area contributed by atoms with Gasteiger partial charge in [-0.3, -0.25) is 4.79 Å². The van der Waals surface area contributed by atoms with Crippen LogP contribution in [-0.2, 0) is 11.2 Å². The molecule has 0 amide bonds. The zero-order valence-corrected chi connectivity index (χ0v) is 11.2. The minimum Gasteiger partial charge on any atom is -0.299 e. The Hall–Kier alpha value is -1.11. The van der Waals surface area contributed by atoms with Gasteiger partial charge in [0.15, 0.2) is 0 Å². The van der Waals surface area contributed by atoms with Gasteiger partial charge in [-0.15, -0.1) is 0 Å². The number of ketones is 1. The van der Waals surface area contributed by atoms with Crippen molar-refractivity contribution in [2.45, 2.75) is 52.9 Å². The van der Waals surface area contributed by atoms with E-state index in [1.807, 2.05) is 0 Å². The fourth-order valence-electron chi connectivity index (χ4n) is 3.06. The molecule has 1 aromatic rings. The minimum atomic E-state index is 0.343. The van der Waals surface area contributed by atoms with Crippen LogP contribution in [0, 0.1) is 26.7 Å². The highest BCUT2D eigenvalue weighted by Gasteiger charge is 2.23. The average Bonchev–Trinajstić information content (AvgIpc) is 2.76. The average molecular weight is 230 g/mol. The van der Waals surface area contributed by atoms with Crippen molar-refractivity contribution in [2.24, 2.45) is 5.92 Å². The van der Waals surface area contributed by atoms with Crippen molar-refractivity contribution in [3.63, 3.8) is 0 Å². The maximum Gasteiger partial charge on any atom is 0.140 e. The second-order valence-electron chi connectivity index (χ2n) is 5.50. The molecule has 0 aliphatic heterocycles. The van der Waals surface area contributed by atoms with E-state index in [2.05, 4.69) is 32.9 Å². The Morgan fingerprint density at radius 1 is 1.12 bits per heavy atom. The van der Waals surface area contributed by atoms with Gasteiger partial charge in [-0.05, 0) is 50.3 Å². The fraction of sp³-hybridized carbons (Fsp3) is 0.562. The van der Waals surface area contributed by atoms with Crippen molar-refractivity contribution in [1.29, 1.82) is 0 Å². The van der Waals surface area contributed by atoms with Crippen LogP contribution in [0.15, 0.2) is 12.1 Å². The molecule has 0 heterocycles. The summed E-state index contributed by atoms with van der Waals surface area (Å²) in [6.07, 6.45) is 5.35. The third-order valence-electron chi connectivity index (χ3n) is 4.00. The van der Waals surface area contributed by atoms with E-state index in [1.54, 1.807) is 0 Å². The first kappa shape index (κ1) is 12.3. The molecule has 1 aromatic carbocycles. The second-order valence-corrected chi connectivity index (χ2v) is 5.50. The highest BCUT2D eigenvalue weighted by molar-refractivity contribution is 5.84. The van der Waals surface area contributed by atoms with Gasteiger partial charge in [0.05, 0.1) is 0 Å². The number of rotatable bonds is 3. The molecule has 1 aliphatic carbocycles. The largest absolute Gasteiger partial charge is 0.299 e. The van der Waals surface area contributed by atoms with Crippen molar-refractivity contribution in [1.82, 2.24) is 0 Å². The van der Waals surface area contributed by atoms with E-state index < -0.39 is 0 Å². The topological polar surface area (TPSA) is 17.1 Å². The molecule has 0 saturated heterocycles. The summed E-state index contributed by atoms with van der Waals surface area (Å²) in [4.78, 5) is 12.2. The zero-order chi connectivity index (χ0) is 12.4. The first-order valence-corrected chi connectivity index (χ1v) is 6.67. The standard InChI is InChI=1S/C16H22O/c1-11-8-12(2)15(13(3)9-11)10-16(17)14-6-4-5-7-14/h8-9,14H,4-7,10H2,1-3H3. The minimum absolute atomic E-state index is 0.343. The van der Waals surface area contributed by atoms with Gasteiger partial charge in [0.1, 0.15) is 5.78 Å². The molecule has 17 heavy (non-hydrogen) atoms. The third-order valence-corrected chi connectivity index (χ3v) is 4.00. The SMILES string of the molecule is Cc1cc(C)c(CC(=O)C2CCCC2)c(C)c1. The molecule has 0 aromatic heterocycles. The molecule has 0 N–H and O–H groups in total. The highest BCUT2D eigenvalue weighted by atomic mass is 16.1. The molecule has 0 unspecified atom stereocenters. The maximum atomic E-state index is 12.2. The maximum absolute atomic E-state index is 12.2. The Morgan fingerprint density at radius 2 is 1.65 bits per heavy atom. The van der Waals surface area contributed by atoms with E-state index in [0.29, 0.717) is 18.1 Å². The van der Waals surface area contributed by atoms with E-state index >= 15 is 0 Å². The lowest BCUT2D eigenvalue weighted by atomic mass is 9.91. The van der Waals surface area contributed by atoms with Crippen LogP contribution in [0.3, 0.4) is 0 Å². The zero-order valence-electron chi connectivity index (χ0n) is 11.2. The predicted molar refractivity (Wildman–Crippen MR) is 71.3 cm³/mol. The summed E-state index contributed by atoms with van der Waals surface area (Å²) in [7, 11) is 0. The summed E-state index contributed by atoms with van der Waals surface area (Å²) in [5, 5.41) is 0. The van der Waals surface area contributed by atoms with E-state index in [0.717, 1.165) is 12.8 Å². The van der Waals surface area contributed by atoms with Crippen molar-refractivity contribution in [3.8, 4) is 0 Å². The lowest BCUT2D eigenvalue weighted by Gasteiger charge is -2.13. The molecule has 0 bridgehead atoms. The lowest BCUT2D eigenvalue weighted by Crippen LogP contribution is -2.15. The van der Waals surface area contributed by atoms with Crippen LogP contribution >= 0.6 is 0 Å². The van der Waals surface area contributed by atoms with Crippen molar-refractivity contribution in [2.75, 3.05) is 0 Å².